The number of hydrogen-bond acceptors (Lipinski definition) is 5. The zero-order chi connectivity index (χ0) is 21.4. The number of likely N-dealkylation sites (tertiary alicyclic amines) is 1. The third-order valence-electron chi connectivity index (χ3n) is 5.71. The summed E-state index contributed by atoms with van der Waals surface area (Å²) >= 11 is 0. The monoisotopic (exact) mass is 419 g/mol. The standard InChI is InChI=1S/C19H25F4N3O3/c1-25-8-4-5-14(25)17(27)26(2)10-12-9-13(20)16(24-15(12)28-3)29-11-18(6-7-18)19(21,22)23/h9,14H,4-8,10-11H2,1-3H3/t14-/m0/s1. The van der Waals surface area contributed by atoms with E-state index in [0.717, 1.165) is 25.5 Å². The Morgan fingerprint density at radius 1 is 1.38 bits per heavy atom. The minimum Gasteiger partial charge on any atom is -0.481 e. The Morgan fingerprint density at radius 2 is 2.07 bits per heavy atom. The van der Waals surface area contributed by atoms with E-state index in [2.05, 4.69) is 4.98 Å². The number of hydrogen-bond donors (Lipinski definition) is 0. The molecule has 2 heterocycles. The van der Waals surface area contributed by atoms with E-state index in [1.54, 1.807) is 7.05 Å². The Morgan fingerprint density at radius 3 is 2.59 bits per heavy atom. The lowest BCUT2D eigenvalue weighted by molar-refractivity contribution is -0.194. The van der Waals surface area contributed by atoms with Crippen molar-refractivity contribution in [3.63, 3.8) is 0 Å². The fraction of sp³-hybridized carbons (Fsp3) is 0.684. The van der Waals surface area contributed by atoms with Gasteiger partial charge in [0.1, 0.15) is 12.0 Å². The van der Waals surface area contributed by atoms with Crippen LogP contribution in [0.5, 0.6) is 11.8 Å². The van der Waals surface area contributed by atoms with Crippen LogP contribution < -0.4 is 9.47 Å². The predicted octanol–water partition coefficient (Wildman–Crippen LogP) is 3.00. The number of rotatable bonds is 7. The first-order valence-corrected chi connectivity index (χ1v) is 9.46. The van der Waals surface area contributed by atoms with Crippen LogP contribution in [-0.2, 0) is 11.3 Å². The molecular weight excluding hydrogens is 394 g/mol. The smallest absolute Gasteiger partial charge is 0.397 e. The average molecular weight is 419 g/mol. The number of carbonyl (C=O) groups is 1. The van der Waals surface area contributed by atoms with Gasteiger partial charge in [0.25, 0.3) is 5.88 Å². The molecule has 162 valence electrons. The van der Waals surface area contributed by atoms with Crippen LogP contribution in [-0.4, -0.2) is 67.3 Å². The molecule has 0 bridgehead atoms. The topological polar surface area (TPSA) is 54.9 Å². The van der Waals surface area contributed by atoms with Gasteiger partial charge in [-0.3, -0.25) is 9.69 Å². The van der Waals surface area contributed by atoms with E-state index < -0.39 is 29.9 Å². The number of aromatic nitrogens is 1. The highest BCUT2D eigenvalue weighted by Crippen LogP contribution is 2.57. The van der Waals surface area contributed by atoms with Gasteiger partial charge in [-0.05, 0) is 45.3 Å². The second-order valence-corrected chi connectivity index (χ2v) is 7.84. The molecule has 0 radical (unpaired) electrons. The van der Waals surface area contributed by atoms with Gasteiger partial charge in [0.05, 0.1) is 19.7 Å². The third-order valence-corrected chi connectivity index (χ3v) is 5.71. The molecule has 1 saturated heterocycles. The highest BCUT2D eigenvalue weighted by molar-refractivity contribution is 5.82. The Labute approximate surface area is 166 Å². The van der Waals surface area contributed by atoms with Gasteiger partial charge in [-0.15, -0.1) is 0 Å². The van der Waals surface area contributed by atoms with Crippen molar-refractivity contribution in [2.24, 2.45) is 5.41 Å². The van der Waals surface area contributed by atoms with Gasteiger partial charge in [0.15, 0.2) is 5.82 Å². The molecule has 0 aromatic carbocycles. The van der Waals surface area contributed by atoms with Crippen molar-refractivity contribution < 1.29 is 31.8 Å². The van der Waals surface area contributed by atoms with Crippen LogP contribution in [0.4, 0.5) is 17.6 Å². The van der Waals surface area contributed by atoms with Crippen LogP contribution in [0.2, 0.25) is 0 Å². The molecule has 29 heavy (non-hydrogen) atoms. The van der Waals surface area contributed by atoms with E-state index in [9.17, 15) is 22.4 Å². The second-order valence-electron chi connectivity index (χ2n) is 7.84. The molecule has 1 aromatic heterocycles. The Balaban J connectivity index is 1.70. The lowest BCUT2D eigenvalue weighted by Crippen LogP contribution is -2.42. The quantitative estimate of drug-likeness (QED) is 0.636. The fourth-order valence-corrected chi connectivity index (χ4v) is 3.56. The minimum atomic E-state index is -4.40. The predicted molar refractivity (Wildman–Crippen MR) is 96.1 cm³/mol. The van der Waals surface area contributed by atoms with Crippen LogP contribution in [0.3, 0.4) is 0 Å². The summed E-state index contributed by atoms with van der Waals surface area (Å²) in [4.78, 5) is 20.0. The summed E-state index contributed by atoms with van der Waals surface area (Å²) in [6.07, 6.45) is -2.79. The Kier molecular flexibility index (Phi) is 5.93. The van der Waals surface area contributed by atoms with Crippen molar-refractivity contribution in [3.05, 3.63) is 17.4 Å². The van der Waals surface area contributed by atoms with Crippen LogP contribution in [0.25, 0.3) is 0 Å². The summed E-state index contributed by atoms with van der Waals surface area (Å²) in [6.45, 7) is 0.216. The summed E-state index contributed by atoms with van der Waals surface area (Å²) in [5.74, 6) is -1.51. The molecule has 2 fully saturated rings. The van der Waals surface area contributed by atoms with E-state index in [4.69, 9.17) is 9.47 Å². The van der Waals surface area contributed by atoms with Gasteiger partial charge in [-0.25, -0.2) is 4.39 Å². The number of halogens is 4. The maximum atomic E-state index is 14.4. The van der Waals surface area contributed by atoms with Gasteiger partial charge >= 0.3 is 6.18 Å². The van der Waals surface area contributed by atoms with Crippen molar-refractivity contribution in [1.82, 2.24) is 14.8 Å². The molecule has 6 nitrogen and oxygen atoms in total. The number of alkyl halides is 3. The zero-order valence-corrected chi connectivity index (χ0v) is 16.7. The van der Waals surface area contributed by atoms with Gasteiger partial charge in [0.2, 0.25) is 11.8 Å². The van der Waals surface area contributed by atoms with Crippen molar-refractivity contribution >= 4 is 5.91 Å². The number of methoxy groups -OCH3 is 1. The number of amides is 1. The first-order chi connectivity index (χ1) is 13.6. The number of ether oxygens (including phenoxy) is 2. The zero-order valence-electron chi connectivity index (χ0n) is 16.7. The van der Waals surface area contributed by atoms with E-state index in [-0.39, 0.29) is 37.2 Å². The second kappa shape index (κ2) is 7.97. The Hall–Kier alpha value is -2.10. The van der Waals surface area contributed by atoms with E-state index in [1.807, 2.05) is 11.9 Å². The summed E-state index contributed by atoms with van der Waals surface area (Å²) < 4.78 is 63.7. The molecule has 0 spiro atoms. The fourth-order valence-electron chi connectivity index (χ4n) is 3.56. The molecule has 0 N–H and O–H groups in total. The highest BCUT2D eigenvalue weighted by Gasteiger charge is 2.64. The maximum Gasteiger partial charge on any atom is 0.397 e. The number of pyridine rings is 1. The van der Waals surface area contributed by atoms with Crippen molar-refractivity contribution in [1.29, 1.82) is 0 Å². The molecule has 1 aliphatic heterocycles. The van der Waals surface area contributed by atoms with E-state index in [0.29, 0.717) is 5.56 Å². The van der Waals surface area contributed by atoms with E-state index >= 15 is 0 Å². The molecule has 2 aliphatic rings. The summed E-state index contributed by atoms with van der Waals surface area (Å²) in [6, 6.07) is 0.875. The first-order valence-electron chi connectivity index (χ1n) is 9.46. The van der Waals surface area contributed by atoms with Gasteiger partial charge in [-0.2, -0.15) is 18.2 Å². The molecule has 1 aliphatic carbocycles. The van der Waals surface area contributed by atoms with Crippen LogP contribution in [0.15, 0.2) is 6.07 Å². The number of carbonyl (C=O) groups excluding carboxylic acids is 1. The largest absolute Gasteiger partial charge is 0.481 e. The third kappa shape index (κ3) is 4.41. The molecule has 10 heteroatoms. The van der Waals surface area contributed by atoms with Gasteiger partial charge in [-0.1, -0.05) is 0 Å². The molecular formula is C19H25F4N3O3. The number of nitrogens with zero attached hydrogens (tertiary/aromatic N) is 3. The van der Waals surface area contributed by atoms with E-state index in [1.165, 1.54) is 12.0 Å². The molecule has 1 atom stereocenters. The Bertz CT molecular complexity index is 768. The molecule has 3 rings (SSSR count). The lowest BCUT2D eigenvalue weighted by atomic mass is 10.1. The van der Waals surface area contributed by atoms with Crippen LogP contribution in [0, 0.1) is 11.2 Å². The average Bonchev–Trinajstić information content (AvgIpc) is 3.35. The number of likely N-dealkylation sites (N-methyl/N-ethyl adjacent to an activating group) is 2. The SMILES string of the molecule is COc1nc(OCC2(C(F)(F)F)CC2)c(F)cc1CN(C)C(=O)[C@@H]1CCCN1C. The van der Waals surface area contributed by atoms with Crippen molar-refractivity contribution in [3.8, 4) is 11.8 Å². The molecule has 1 saturated carbocycles. The molecule has 1 aromatic rings. The van der Waals surface area contributed by atoms with Gasteiger partial charge in [0, 0.05) is 12.6 Å². The summed E-state index contributed by atoms with van der Waals surface area (Å²) in [5, 5.41) is 0. The van der Waals surface area contributed by atoms with Crippen LogP contribution in [0.1, 0.15) is 31.2 Å². The van der Waals surface area contributed by atoms with Crippen LogP contribution >= 0.6 is 0 Å². The normalized spacial score (nSPS) is 21.1. The highest BCUT2D eigenvalue weighted by atomic mass is 19.4. The van der Waals surface area contributed by atoms with Crippen molar-refractivity contribution in [2.75, 3.05) is 34.4 Å². The summed E-state index contributed by atoms with van der Waals surface area (Å²) in [7, 11) is 4.81. The molecule has 1 amide bonds. The van der Waals surface area contributed by atoms with Gasteiger partial charge < -0.3 is 14.4 Å². The molecule has 0 unspecified atom stereocenters. The first kappa shape index (κ1) is 21.6. The minimum absolute atomic E-state index is 0.0117. The van der Waals surface area contributed by atoms with Crippen molar-refractivity contribution in [2.45, 2.75) is 44.4 Å². The maximum absolute atomic E-state index is 14.4. The lowest BCUT2D eigenvalue weighted by Gasteiger charge is -2.26. The summed E-state index contributed by atoms with van der Waals surface area (Å²) in [5.41, 5.74) is -1.61.